The van der Waals surface area contributed by atoms with Crippen molar-refractivity contribution >= 4 is 23.5 Å². The molecule has 1 amide bonds. The summed E-state index contributed by atoms with van der Waals surface area (Å²) >= 11 is 1.60. The van der Waals surface area contributed by atoms with E-state index in [2.05, 4.69) is 12.1 Å². The van der Waals surface area contributed by atoms with Gasteiger partial charge in [-0.05, 0) is 25.5 Å². The van der Waals surface area contributed by atoms with Crippen molar-refractivity contribution in [3.05, 3.63) is 0 Å². The number of likely N-dealkylation sites (tertiary alicyclic amines) is 1. The van der Waals surface area contributed by atoms with Gasteiger partial charge in [-0.2, -0.15) is 11.8 Å². The predicted molar refractivity (Wildman–Crippen MR) is 79.5 cm³/mol. The molecule has 1 rings (SSSR count). The van der Waals surface area contributed by atoms with Gasteiger partial charge in [0.1, 0.15) is 0 Å². The molecule has 0 aromatic carbocycles. The van der Waals surface area contributed by atoms with E-state index in [1.165, 1.54) is 0 Å². The SMILES string of the molecule is CCCC(C)C(=O)N1CCC(SC)(C(N)=NO)CC1. The van der Waals surface area contributed by atoms with E-state index in [0.29, 0.717) is 13.1 Å². The van der Waals surface area contributed by atoms with Crippen molar-refractivity contribution in [3.63, 3.8) is 0 Å². The number of piperidine rings is 1. The summed E-state index contributed by atoms with van der Waals surface area (Å²) in [6.07, 6.45) is 5.42. The van der Waals surface area contributed by atoms with Crippen molar-refractivity contribution in [1.82, 2.24) is 4.90 Å². The molecular formula is C13H25N3O2S. The summed E-state index contributed by atoms with van der Waals surface area (Å²) < 4.78 is -0.320. The van der Waals surface area contributed by atoms with Gasteiger partial charge >= 0.3 is 0 Å². The second kappa shape index (κ2) is 7.03. The van der Waals surface area contributed by atoms with Crippen LogP contribution in [0.3, 0.4) is 0 Å². The van der Waals surface area contributed by atoms with E-state index in [0.717, 1.165) is 25.7 Å². The number of amidine groups is 1. The molecule has 1 aliphatic rings. The lowest BCUT2D eigenvalue weighted by Gasteiger charge is -2.40. The summed E-state index contributed by atoms with van der Waals surface area (Å²) in [6.45, 7) is 5.46. The normalized spacial score (nSPS) is 21.2. The Morgan fingerprint density at radius 2 is 2.11 bits per heavy atom. The minimum absolute atomic E-state index is 0.0932. The molecule has 3 N–H and O–H groups in total. The number of rotatable bonds is 5. The minimum Gasteiger partial charge on any atom is -0.409 e. The fourth-order valence-corrected chi connectivity index (χ4v) is 3.45. The first-order valence-electron chi connectivity index (χ1n) is 6.82. The standard InChI is InChI=1S/C13H25N3O2S/c1-4-5-10(2)11(17)16-8-6-13(19-3,7-9-16)12(14)15-18/h10,18H,4-9H2,1-3H3,(H2,14,15). The van der Waals surface area contributed by atoms with Gasteiger partial charge < -0.3 is 15.8 Å². The number of hydrogen-bond donors (Lipinski definition) is 2. The zero-order valence-corrected chi connectivity index (χ0v) is 12.9. The van der Waals surface area contributed by atoms with Crippen LogP contribution in [0.5, 0.6) is 0 Å². The third-order valence-corrected chi connectivity index (χ3v) is 5.39. The monoisotopic (exact) mass is 287 g/mol. The van der Waals surface area contributed by atoms with Crippen LogP contribution in [-0.2, 0) is 4.79 Å². The highest BCUT2D eigenvalue weighted by Crippen LogP contribution is 2.35. The van der Waals surface area contributed by atoms with Gasteiger partial charge in [0.2, 0.25) is 5.91 Å². The highest BCUT2D eigenvalue weighted by molar-refractivity contribution is 8.00. The second-order valence-electron chi connectivity index (χ2n) is 5.20. The van der Waals surface area contributed by atoms with Gasteiger partial charge in [0.25, 0.3) is 0 Å². The molecule has 1 heterocycles. The van der Waals surface area contributed by atoms with Crippen LogP contribution in [0.4, 0.5) is 0 Å². The van der Waals surface area contributed by atoms with Crippen LogP contribution in [0.1, 0.15) is 39.5 Å². The molecule has 1 aliphatic heterocycles. The molecule has 6 heteroatoms. The zero-order valence-electron chi connectivity index (χ0n) is 12.1. The highest BCUT2D eigenvalue weighted by atomic mass is 32.2. The number of nitrogens with two attached hydrogens (primary N) is 1. The van der Waals surface area contributed by atoms with E-state index >= 15 is 0 Å². The average Bonchev–Trinajstić information content (AvgIpc) is 2.46. The summed E-state index contributed by atoms with van der Waals surface area (Å²) in [6, 6.07) is 0. The minimum atomic E-state index is -0.320. The third kappa shape index (κ3) is 3.55. The fourth-order valence-electron chi connectivity index (χ4n) is 2.61. The predicted octanol–water partition coefficient (Wildman–Crippen LogP) is 1.89. The first kappa shape index (κ1) is 16.1. The van der Waals surface area contributed by atoms with Gasteiger partial charge in [0, 0.05) is 19.0 Å². The first-order valence-corrected chi connectivity index (χ1v) is 8.05. The molecule has 0 aromatic rings. The van der Waals surface area contributed by atoms with E-state index < -0.39 is 0 Å². The fraction of sp³-hybridized carbons (Fsp3) is 0.846. The van der Waals surface area contributed by atoms with Gasteiger partial charge in [-0.1, -0.05) is 25.4 Å². The largest absolute Gasteiger partial charge is 0.409 e. The van der Waals surface area contributed by atoms with E-state index in [1.807, 2.05) is 18.1 Å². The number of amides is 1. The molecule has 0 saturated carbocycles. The summed E-state index contributed by atoms with van der Waals surface area (Å²) in [5, 5.41) is 12.0. The molecule has 0 radical (unpaired) electrons. The lowest BCUT2D eigenvalue weighted by atomic mass is 9.93. The van der Waals surface area contributed by atoms with Crippen molar-refractivity contribution in [2.24, 2.45) is 16.8 Å². The molecular weight excluding hydrogens is 262 g/mol. The second-order valence-corrected chi connectivity index (χ2v) is 6.39. The van der Waals surface area contributed by atoms with Crippen LogP contribution < -0.4 is 5.73 Å². The number of carbonyl (C=O) groups excluding carboxylic acids is 1. The molecule has 1 fully saturated rings. The maximum atomic E-state index is 12.2. The molecule has 19 heavy (non-hydrogen) atoms. The quantitative estimate of drug-likeness (QED) is 0.350. The Labute approximate surface area is 119 Å². The molecule has 1 saturated heterocycles. The number of hydrogen-bond acceptors (Lipinski definition) is 4. The molecule has 1 unspecified atom stereocenters. The van der Waals surface area contributed by atoms with Gasteiger partial charge in [0.15, 0.2) is 5.84 Å². The van der Waals surface area contributed by atoms with Crippen molar-refractivity contribution in [2.45, 2.75) is 44.3 Å². The molecule has 0 aliphatic carbocycles. The Kier molecular flexibility index (Phi) is 5.97. The Hall–Kier alpha value is -0.910. The maximum Gasteiger partial charge on any atom is 0.225 e. The number of oxime groups is 1. The van der Waals surface area contributed by atoms with Crippen LogP contribution >= 0.6 is 11.8 Å². The lowest BCUT2D eigenvalue weighted by Crippen LogP contribution is -2.52. The number of carbonyl (C=O) groups is 1. The lowest BCUT2D eigenvalue weighted by molar-refractivity contribution is -0.136. The van der Waals surface area contributed by atoms with Gasteiger partial charge in [-0.15, -0.1) is 0 Å². The average molecular weight is 287 g/mol. The number of nitrogens with zero attached hydrogens (tertiary/aromatic N) is 2. The zero-order chi connectivity index (χ0) is 14.5. The maximum absolute atomic E-state index is 12.2. The van der Waals surface area contributed by atoms with Crippen molar-refractivity contribution in [2.75, 3.05) is 19.3 Å². The molecule has 5 nitrogen and oxygen atoms in total. The highest BCUT2D eigenvalue weighted by Gasteiger charge is 2.39. The van der Waals surface area contributed by atoms with Gasteiger partial charge in [0.05, 0.1) is 4.75 Å². The van der Waals surface area contributed by atoms with Crippen LogP contribution in [-0.4, -0.2) is 45.9 Å². The van der Waals surface area contributed by atoms with Crippen LogP contribution in [0, 0.1) is 5.92 Å². The van der Waals surface area contributed by atoms with Gasteiger partial charge in [-0.3, -0.25) is 4.79 Å². The summed E-state index contributed by atoms with van der Waals surface area (Å²) in [7, 11) is 0. The van der Waals surface area contributed by atoms with Crippen LogP contribution in [0.25, 0.3) is 0 Å². The molecule has 0 spiro atoms. The Morgan fingerprint density at radius 1 is 1.53 bits per heavy atom. The van der Waals surface area contributed by atoms with E-state index in [1.54, 1.807) is 11.8 Å². The smallest absolute Gasteiger partial charge is 0.225 e. The summed E-state index contributed by atoms with van der Waals surface area (Å²) in [5.74, 6) is 0.598. The summed E-state index contributed by atoms with van der Waals surface area (Å²) in [4.78, 5) is 14.2. The summed E-state index contributed by atoms with van der Waals surface area (Å²) in [5.41, 5.74) is 5.80. The van der Waals surface area contributed by atoms with Crippen molar-refractivity contribution in [3.8, 4) is 0 Å². The van der Waals surface area contributed by atoms with Crippen LogP contribution in [0.2, 0.25) is 0 Å². The van der Waals surface area contributed by atoms with E-state index in [9.17, 15) is 4.79 Å². The molecule has 0 bridgehead atoms. The third-order valence-electron chi connectivity index (χ3n) is 3.99. The van der Waals surface area contributed by atoms with E-state index in [4.69, 9.17) is 10.9 Å². The molecule has 110 valence electrons. The van der Waals surface area contributed by atoms with Gasteiger partial charge in [-0.25, -0.2) is 0 Å². The molecule has 1 atom stereocenters. The van der Waals surface area contributed by atoms with Crippen molar-refractivity contribution in [1.29, 1.82) is 0 Å². The Bertz CT molecular complexity index is 339. The van der Waals surface area contributed by atoms with E-state index in [-0.39, 0.29) is 22.4 Å². The topological polar surface area (TPSA) is 78.9 Å². The van der Waals surface area contributed by atoms with Crippen molar-refractivity contribution < 1.29 is 10.0 Å². The Morgan fingerprint density at radius 3 is 2.53 bits per heavy atom. The number of thioether (sulfide) groups is 1. The molecule has 0 aromatic heterocycles. The van der Waals surface area contributed by atoms with Crippen LogP contribution in [0.15, 0.2) is 5.16 Å². The Balaban J connectivity index is 2.64. The first-order chi connectivity index (χ1) is 9.00.